The standard InChI is InChI=1S/C12H11BrClN3O2/c1-3-19-12(18)9-6-7(2)16-17(9)8-4-5-15-11(14)10(8)13/h4-6H,3H2,1-2H3. The number of pyridine rings is 1. The molecule has 0 atom stereocenters. The summed E-state index contributed by atoms with van der Waals surface area (Å²) >= 11 is 9.29. The predicted octanol–water partition coefficient (Wildman–Crippen LogP) is 3.17. The van der Waals surface area contributed by atoms with Gasteiger partial charge in [-0.25, -0.2) is 14.5 Å². The van der Waals surface area contributed by atoms with Gasteiger partial charge in [0.15, 0.2) is 5.69 Å². The Bertz CT molecular complexity index is 627. The first-order chi connectivity index (χ1) is 9.04. The third kappa shape index (κ3) is 2.79. The van der Waals surface area contributed by atoms with Gasteiger partial charge in [0.25, 0.3) is 0 Å². The van der Waals surface area contributed by atoms with Crippen LogP contribution >= 0.6 is 27.5 Å². The van der Waals surface area contributed by atoms with E-state index in [4.69, 9.17) is 16.3 Å². The molecule has 5 nitrogen and oxygen atoms in total. The molecule has 0 spiro atoms. The molecule has 19 heavy (non-hydrogen) atoms. The summed E-state index contributed by atoms with van der Waals surface area (Å²) < 4.78 is 7.08. The van der Waals surface area contributed by atoms with Crippen molar-refractivity contribution in [1.29, 1.82) is 0 Å². The summed E-state index contributed by atoms with van der Waals surface area (Å²) in [4.78, 5) is 15.8. The van der Waals surface area contributed by atoms with E-state index in [9.17, 15) is 4.79 Å². The average Bonchev–Trinajstić information content (AvgIpc) is 2.75. The molecule has 0 N–H and O–H groups in total. The Labute approximate surface area is 123 Å². The molecule has 0 aliphatic rings. The maximum absolute atomic E-state index is 11.9. The molecule has 2 rings (SSSR count). The molecule has 0 aliphatic carbocycles. The lowest BCUT2D eigenvalue weighted by Crippen LogP contribution is -2.12. The topological polar surface area (TPSA) is 57.0 Å². The van der Waals surface area contributed by atoms with E-state index in [0.717, 1.165) is 0 Å². The number of rotatable bonds is 3. The molecule has 0 aliphatic heterocycles. The van der Waals surface area contributed by atoms with Gasteiger partial charge in [-0.15, -0.1) is 0 Å². The van der Waals surface area contributed by atoms with E-state index in [0.29, 0.717) is 33.3 Å². The summed E-state index contributed by atoms with van der Waals surface area (Å²) in [5.74, 6) is -0.428. The Hall–Kier alpha value is -1.40. The van der Waals surface area contributed by atoms with Gasteiger partial charge >= 0.3 is 5.97 Å². The van der Waals surface area contributed by atoms with Crippen LogP contribution < -0.4 is 0 Å². The SMILES string of the molecule is CCOC(=O)c1cc(C)nn1-c1ccnc(Cl)c1Br. The molecule has 2 aromatic heterocycles. The molecular weight excluding hydrogens is 334 g/mol. The summed E-state index contributed by atoms with van der Waals surface area (Å²) in [5, 5.41) is 4.59. The monoisotopic (exact) mass is 343 g/mol. The molecule has 2 aromatic rings. The van der Waals surface area contributed by atoms with Gasteiger partial charge in [-0.05, 0) is 41.9 Å². The van der Waals surface area contributed by atoms with E-state index in [1.54, 1.807) is 32.2 Å². The van der Waals surface area contributed by atoms with Crippen molar-refractivity contribution in [3.8, 4) is 5.69 Å². The maximum atomic E-state index is 11.9. The second kappa shape index (κ2) is 5.71. The van der Waals surface area contributed by atoms with Crippen molar-refractivity contribution in [1.82, 2.24) is 14.8 Å². The van der Waals surface area contributed by atoms with Crippen LogP contribution in [0.15, 0.2) is 22.8 Å². The highest BCUT2D eigenvalue weighted by Gasteiger charge is 2.18. The minimum atomic E-state index is -0.428. The Balaban J connectivity index is 2.56. The number of hydrogen-bond acceptors (Lipinski definition) is 4. The fraction of sp³-hybridized carbons (Fsp3) is 0.250. The molecule has 0 amide bonds. The van der Waals surface area contributed by atoms with Crippen LogP contribution in [0.5, 0.6) is 0 Å². The van der Waals surface area contributed by atoms with Crippen LogP contribution in [0, 0.1) is 6.92 Å². The van der Waals surface area contributed by atoms with E-state index in [1.165, 1.54) is 4.68 Å². The van der Waals surface area contributed by atoms with Crippen LogP contribution in [0.4, 0.5) is 0 Å². The van der Waals surface area contributed by atoms with Gasteiger partial charge in [-0.3, -0.25) is 0 Å². The first-order valence-corrected chi connectivity index (χ1v) is 6.75. The van der Waals surface area contributed by atoms with Crippen LogP contribution in [0.1, 0.15) is 23.1 Å². The van der Waals surface area contributed by atoms with E-state index in [-0.39, 0.29) is 0 Å². The van der Waals surface area contributed by atoms with Crippen molar-refractivity contribution in [3.63, 3.8) is 0 Å². The molecule has 0 saturated carbocycles. The molecule has 7 heteroatoms. The normalized spacial score (nSPS) is 10.5. The maximum Gasteiger partial charge on any atom is 0.357 e. The largest absolute Gasteiger partial charge is 0.461 e. The molecule has 0 bridgehead atoms. The number of aromatic nitrogens is 3. The smallest absolute Gasteiger partial charge is 0.357 e. The van der Waals surface area contributed by atoms with Gasteiger partial charge in [0, 0.05) is 6.20 Å². The molecule has 2 heterocycles. The lowest BCUT2D eigenvalue weighted by atomic mass is 10.3. The van der Waals surface area contributed by atoms with Crippen molar-refractivity contribution >= 4 is 33.5 Å². The molecule has 0 saturated heterocycles. The van der Waals surface area contributed by atoms with Crippen LogP contribution in [-0.2, 0) is 4.74 Å². The van der Waals surface area contributed by atoms with Gasteiger partial charge in [-0.1, -0.05) is 11.6 Å². The summed E-state index contributed by atoms with van der Waals surface area (Å²) in [6.45, 7) is 3.86. The van der Waals surface area contributed by atoms with Crippen LogP contribution in [0.3, 0.4) is 0 Å². The molecular formula is C12H11BrClN3O2. The summed E-state index contributed by atoms with van der Waals surface area (Å²) in [6.07, 6.45) is 1.55. The van der Waals surface area contributed by atoms with Crippen LogP contribution in [-0.4, -0.2) is 27.3 Å². The molecule has 0 unspecified atom stereocenters. The lowest BCUT2D eigenvalue weighted by molar-refractivity contribution is 0.0515. The molecule has 0 fully saturated rings. The number of carbonyl (C=O) groups excluding carboxylic acids is 1. The van der Waals surface area contributed by atoms with E-state index >= 15 is 0 Å². The number of hydrogen-bond donors (Lipinski definition) is 0. The highest BCUT2D eigenvalue weighted by atomic mass is 79.9. The number of nitrogens with zero attached hydrogens (tertiary/aromatic N) is 3. The fourth-order valence-corrected chi connectivity index (χ4v) is 2.16. The zero-order valence-corrected chi connectivity index (χ0v) is 12.7. The molecule has 100 valence electrons. The Kier molecular flexibility index (Phi) is 4.21. The first-order valence-electron chi connectivity index (χ1n) is 5.58. The number of esters is 1. The average molecular weight is 345 g/mol. The van der Waals surface area contributed by atoms with E-state index in [1.807, 2.05) is 0 Å². The summed E-state index contributed by atoms with van der Waals surface area (Å²) in [7, 11) is 0. The second-order valence-corrected chi connectivity index (χ2v) is 4.89. The first kappa shape index (κ1) is 14.0. The second-order valence-electron chi connectivity index (χ2n) is 3.74. The minimum Gasteiger partial charge on any atom is -0.461 e. The summed E-state index contributed by atoms with van der Waals surface area (Å²) in [5.41, 5.74) is 1.70. The van der Waals surface area contributed by atoms with Gasteiger partial charge in [0.05, 0.1) is 22.5 Å². The number of ether oxygens (including phenoxy) is 1. The summed E-state index contributed by atoms with van der Waals surface area (Å²) in [6, 6.07) is 3.38. The Morgan fingerprint density at radius 2 is 2.32 bits per heavy atom. The Morgan fingerprint density at radius 3 is 3.00 bits per heavy atom. The third-order valence-electron chi connectivity index (χ3n) is 2.37. The third-order valence-corrected chi connectivity index (χ3v) is 3.67. The Morgan fingerprint density at radius 1 is 1.58 bits per heavy atom. The molecule has 0 aromatic carbocycles. The zero-order valence-electron chi connectivity index (χ0n) is 10.4. The fourth-order valence-electron chi connectivity index (χ4n) is 1.61. The molecule has 0 radical (unpaired) electrons. The van der Waals surface area contributed by atoms with Crippen molar-refractivity contribution in [2.75, 3.05) is 6.61 Å². The van der Waals surface area contributed by atoms with Crippen molar-refractivity contribution in [2.45, 2.75) is 13.8 Å². The van der Waals surface area contributed by atoms with Gasteiger partial charge < -0.3 is 4.74 Å². The van der Waals surface area contributed by atoms with Crippen LogP contribution in [0.25, 0.3) is 5.69 Å². The van der Waals surface area contributed by atoms with Gasteiger partial charge in [-0.2, -0.15) is 5.10 Å². The quantitative estimate of drug-likeness (QED) is 0.634. The van der Waals surface area contributed by atoms with E-state index < -0.39 is 5.97 Å². The zero-order chi connectivity index (χ0) is 14.0. The number of aryl methyl sites for hydroxylation is 1. The highest BCUT2D eigenvalue weighted by molar-refractivity contribution is 9.10. The number of carbonyl (C=O) groups is 1. The predicted molar refractivity (Wildman–Crippen MR) is 74.8 cm³/mol. The lowest BCUT2D eigenvalue weighted by Gasteiger charge is -2.09. The number of halogens is 2. The van der Waals surface area contributed by atoms with E-state index in [2.05, 4.69) is 26.0 Å². The van der Waals surface area contributed by atoms with Gasteiger partial charge in [0.2, 0.25) is 0 Å². The highest BCUT2D eigenvalue weighted by Crippen LogP contribution is 2.28. The van der Waals surface area contributed by atoms with Crippen molar-refractivity contribution in [2.24, 2.45) is 0 Å². The minimum absolute atomic E-state index is 0.306. The van der Waals surface area contributed by atoms with Gasteiger partial charge in [0.1, 0.15) is 5.15 Å². The van der Waals surface area contributed by atoms with Crippen LogP contribution in [0.2, 0.25) is 5.15 Å². The van der Waals surface area contributed by atoms with Crippen molar-refractivity contribution < 1.29 is 9.53 Å². The van der Waals surface area contributed by atoms with Crippen molar-refractivity contribution in [3.05, 3.63) is 39.3 Å².